The van der Waals surface area contributed by atoms with Crippen molar-refractivity contribution in [3.05, 3.63) is 59.7 Å². The second-order valence-corrected chi connectivity index (χ2v) is 7.59. The number of hydrogen-bond acceptors (Lipinski definition) is 3. The molecule has 128 valence electrons. The number of carbonyl (C=O) groups is 1. The maximum Gasteiger partial charge on any atom is 0.303 e. The molecule has 0 spiro atoms. The van der Waals surface area contributed by atoms with E-state index in [1.807, 2.05) is 26.0 Å². The van der Waals surface area contributed by atoms with Gasteiger partial charge in [0.2, 0.25) is 0 Å². The van der Waals surface area contributed by atoms with Crippen molar-refractivity contribution >= 4 is 21.7 Å². The third-order valence-corrected chi connectivity index (χ3v) is 5.52. The molecule has 24 heavy (non-hydrogen) atoms. The number of aryl methyl sites for hydroxylation is 2. The van der Waals surface area contributed by atoms with E-state index in [1.54, 1.807) is 36.4 Å². The van der Waals surface area contributed by atoms with Crippen LogP contribution in [0.1, 0.15) is 24.0 Å². The minimum atomic E-state index is -3.74. The summed E-state index contributed by atoms with van der Waals surface area (Å²) in [5, 5.41) is 8.82. The van der Waals surface area contributed by atoms with Crippen molar-refractivity contribution in [3.8, 4) is 0 Å². The minimum Gasteiger partial charge on any atom is -0.481 e. The summed E-state index contributed by atoms with van der Waals surface area (Å²) >= 11 is 0. The lowest BCUT2D eigenvalue weighted by atomic mass is 10.2. The summed E-state index contributed by atoms with van der Waals surface area (Å²) in [5.41, 5.74) is 2.53. The SMILES string of the molecule is Cc1ccc(N(CCCC(=O)O)S(=O)(=O)c2ccc(C)cc2)cc1. The summed E-state index contributed by atoms with van der Waals surface area (Å²) in [6.07, 6.45) is 0.167. The third-order valence-electron chi connectivity index (χ3n) is 3.68. The van der Waals surface area contributed by atoms with E-state index in [4.69, 9.17) is 5.11 Å². The average Bonchev–Trinajstić information content (AvgIpc) is 2.53. The molecule has 2 aromatic carbocycles. The zero-order valence-corrected chi connectivity index (χ0v) is 14.6. The smallest absolute Gasteiger partial charge is 0.303 e. The highest BCUT2D eigenvalue weighted by molar-refractivity contribution is 7.92. The second kappa shape index (κ2) is 7.49. The van der Waals surface area contributed by atoms with Gasteiger partial charge in [-0.2, -0.15) is 0 Å². The van der Waals surface area contributed by atoms with Gasteiger partial charge in [-0.05, 0) is 44.5 Å². The zero-order valence-electron chi connectivity index (χ0n) is 13.8. The lowest BCUT2D eigenvalue weighted by molar-refractivity contribution is -0.137. The Morgan fingerprint density at radius 1 is 0.958 bits per heavy atom. The lowest BCUT2D eigenvalue weighted by Gasteiger charge is -2.24. The fourth-order valence-corrected chi connectivity index (χ4v) is 3.81. The number of hydrogen-bond donors (Lipinski definition) is 1. The van der Waals surface area contributed by atoms with Crippen LogP contribution in [0.3, 0.4) is 0 Å². The van der Waals surface area contributed by atoms with Gasteiger partial charge in [-0.15, -0.1) is 0 Å². The van der Waals surface area contributed by atoms with Gasteiger partial charge in [0.25, 0.3) is 10.0 Å². The summed E-state index contributed by atoms with van der Waals surface area (Å²) in [6.45, 7) is 3.93. The van der Waals surface area contributed by atoms with Crippen molar-refractivity contribution in [2.75, 3.05) is 10.8 Å². The van der Waals surface area contributed by atoms with Crippen LogP contribution in [0.15, 0.2) is 53.4 Å². The number of carboxylic acids is 1. The molecular weight excluding hydrogens is 326 g/mol. The Bertz CT molecular complexity index is 796. The van der Waals surface area contributed by atoms with E-state index in [0.29, 0.717) is 5.69 Å². The first kappa shape index (κ1) is 18.0. The molecule has 5 nitrogen and oxygen atoms in total. The molecule has 0 aliphatic heterocycles. The van der Waals surface area contributed by atoms with Crippen molar-refractivity contribution < 1.29 is 18.3 Å². The maximum absolute atomic E-state index is 13.0. The molecular formula is C18H21NO4S. The van der Waals surface area contributed by atoms with Crippen LogP contribution in [-0.2, 0) is 14.8 Å². The molecule has 2 aromatic rings. The van der Waals surface area contributed by atoms with Gasteiger partial charge in [0.15, 0.2) is 0 Å². The van der Waals surface area contributed by atoms with E-state index in [-0.39, 0.29) is 24.3 Å². The Balaban J connectivity index is 2.38. The van der Waals surface area contributed by atoms with Gasteiger partial charge in [0, 0.05) is 13.0 Å². The largest absolute Gasteiger partial charge is 0.481 e. The summed E-state index contributed by atoms with van der Waals surface area (Å²) in [5.74, 6) is -0.938. The normalized spacial score (nSPS) is 11.2. The summed E-state index contributed by atoms with van der Waals surface area (Å²) in [7, 11) is -3.74. The lowest BCUT2D eigenvalue weighted by Crippen LogP contribution is -2.32. The summed E-state index contributed by atoms with van der Waals surface area (Å²) in [6, 6.07) is 13.8. The third kappa shape index (κ3) is 4.35. The van der Waals surface area contributed by atoms with E-state index in [2.05, 4.69) is 0 Å². The number of anilines is 1. The number of benzene rings is 2. The van der Waals surface area contributed by atoms with E-state index >= 15 is 0 Å². The number of carboxylic acid groups (broad SMARTS) is 1. The van der Waals surface area contributed by atoms with Crippen LogP contribution in [-0.4, -0.2) is 26.0 Å². The highest BCUT2D eigenvalue weighted by Gasteiger charge is 2.24. The molecule has 1 N–H and O–H groups in total. The molecule has 0 amide bonds. The van der Waals surface area contributed by atoms with Crippen molar-refractivity contribution in [2.24, 2.45) is 0 Å². The number of aliphatic carboxylic acids is 1. The van der Waals surface area contributed by atoms with Crippen LogP contribution in [0.2, 0.25) is 0 Å². The van der Waals surface area contributed by atoms with Crippen LogP contribution in [0.4, 0.5) is 5.69 Å². The first-order valence-electron chi connectivity index (χ1n) is 7.68. The summed E-state index contributed by atoms with van der Waals surface area (Å²) in [4.78, 5) is 10.9. The Hall–Kier alpha value is -2.34. The highest BCUT2D eigenvalue weighted by Crippen LogP contribution is 2.25. The Morgan fingerprint density at radius 3 is 1.96 bits per heavy atom. The van der Waals surface area contributed by atoms with Gasteiger partial charge in [0.05, 0.1) is 10.6 Å². The molecule has 0 radical (unpaired) electrons. The van der Waals surface area contributed by atoms with Crippen LogP contribution < -0.4 is 4.31 Å². The molecule has 0 bridgehead atoms. The van der Waals surface area contributed by atoms with Crippen LogP contribution in [0, 0.1) is 13.8 Å². The first-order chi connectivity index (χ1) is 11.3. The number of rotatable bonds is 7. The molecule has 0 atom stereocenters. The summed E-state index contributed by atoms with van der Waals surface area (Å²) < 4.78 is 27.2. The average molecular weight is 347 g/mol. The van der Waals surface area contributed by atoms with Crippen molar-refractivity contribution in [1.29, 1.82) is 0 Å². The van der Waals surface area contributed by atoms with Crippen molar-refractivity contribution in [3.63, 3.8) is 0 Å². The van der Waals surface area contributed by atoms with Crippen LogP contribution >= 0.6 is 0 Å². The van der Waals surface area contributed by atoms with Gasteiger partial charge >= 0.3 is 5.97 Å². The van der Waals surface area contributed by atoms with Crippen molar-refractivity contribution in [2.45, 2.75) is 31.6 Å². The molecule has 0 aliphatic carbocycles. The Morgan fingerprint density at radius 2 is 1.46 bits per heavy atom. The molecule has 0 unspecified atom stereocenters. The molecule has 0 saturated carbocycles. The molecule has 2 rings (SSSR count). The van der Waals surface area contributed by atoms with Gasteiger partial charge in [-0.3, -0.25) is 9.10 Å². The minimum absolute atomic E-state index is 0.0776. The fourth-order valence-electron chi connectivity index (χ4n) is 2.31. The van der Waals surface area contributed by atoms with Crippen LogP contribution in [0.25, 0.3) is 0 Å². The van der Waals surface area contributed by atoms with Crippen LogP contribution in [0.5, 0.6) is 0 Å². The maximum atomic E-state index is 13.0. The van der Waals surface area contributed by atoms with Gasteiger partial charge in [-0.25, -0.2) is 8.42 Å². The molecule has 6 heteroatoms. The number of nitrogens with zero attached hydrogens (tertiary/aromatic N) is 1. The van der Waals surface area contributed by atoms with Gasteiger partial charge in [-0.1, -0.05) is 35.4 Å². The van der Waals surface area contributed by atoms with E-state index in [9.17, 15) is 13.2 Å². The molecule has 0 aliphatic rings. The molecule has 0 aromatic heterocycles. The quantitative estimate of drug-likeness (QED) is 0.833. The predicted molar refractivity (Wildman–Crippen MR) is 93.8 cm³/mol. The van der Waals surface area contributed by atoms with E-state index in [0.717, 1.165) is 11.1 Å². The topological polar surface area (TPSA) is 74.7 Å². The Kier molecular flexibility index (Phi) is 5.62. The van der Waals surface area contributed by atoms with E-state index in [1.165, 1.54) is 4.31 Å². The standard InChI is InChI=1S/C18H21NO4S/c1-14-5-9-16(10-6-14)19(13-3-4-18(20)21)24(22,23)17-11-7-15(2)8-12-17/h5-12H,3-4,13H2,1-2H3,(H,20,21). The number of sulfonamides is 1. The van der Waals surface area contributed by atoms with Crippen molar-refractivity contribution in [1.82, 2.24) is 0 Å². The highest BCUT2D eigenvalue weighted by atomic mass is 32.2. The van der Waals surface area contributed by atoms with Gasteiger partial charge < -0.3 is 5.11 Å². The predicted octanol–water partition coefficient (Wildman–Crippen LogP) is 3.36. The fraction of sp³-hybridized carbons (Fsp3) is 0.278. The first-order valence-corrected chi connectivity index (χ1v) is 9.12. The zero-order chi connectivity index (χ0) is 17.7. The monoisotopic (exact) mass is 347 g/mol. The van der Waals surface area contributed by atoms with E-state index < -0.39 is 16.0 Å². The molecule has 0 heterocycles. The Labute approximate surface area is 142 Å². The molecule has 0 saturated heterocycles. The second-order valence-electron chi connectivity index (χ2n) is 5.72. The van der Waals surface area contributed by atoms with Gasteiger partial charge in [0.1, 0.15) is 0 Å². The molecule has 0 fully saturated rings.